The summed E-state index contributed by atoms with van der Waals surface area (Å²) in [5.41, 5.74) is 0.335. The van der Waals surface area contributed by atoms with E-state index in [0.717, 1.165) is 12.1 Å². The highest BCUT2D eigenvalue weighted by Gasteiger charge is 2.22. The van der Waals surface area contributed by atoms with Crippen molar-refractivity contribution in [3.8, 4) is 0 Å². The Morgan fingerprint density at radius 2 is 2.20 bits per heavy atom. The molecule has 1 aromatic carbocycles. The van der Waals surface area contributed by atoms with Gasteiger partial charge in [-0.3, -0.25) is 0 Å². The zero-order valence-electron chi connectivity index (χ0n) is 8.47. The van der Waals surface area contributed by atoms with E-state index in [1.54, 1.807) is 0 Å². The lowest BCUT2D eigenvalue weighted by Gasteiger charge is -2.28. The molecule has 4 heteroatoms. The maximum atomic E-state index is 13.4. The molecule has 15 heavy (non-hydrogen) atoms. The van der Waals surface area contributed by atoms with Crippen LogP contribution in [0.3, 0.4) is 0 Å². The summed E-state index contributed by atoms with van der Waals surface area (Å²) in [7, 11) is 0. The van der Waals surface area contributed by atoms with Gasteiger partial charge < -0.3 is 10.1 Å². The van der Waals surface area contributed by atoms with E-state index < -0.39 is 11.6 Å². The van der Waals surface area contributed by atoms with Crippen molar-refractivity contribution in [2.75, 3.05) is 13.2 Å². The molecule has 0 aromatic heterocycles. The summed E-state index contributed by atoms with van der Waals surface area (Å²) in [6.07, 6.45) is 0.123. The number of morpholine rings is 1. The monoisotopic (exact) mass is 213 g/mol. The number of hydrogen-bond donors (Lipinski definition) is 1. The molecular formula is C11H13F2NO. The van der Waals surface area contributed by atoms with Gasteiger partial charge in [-0.2, -0.15) is 0 Å². The third-order valence-corrected chi connectivity index (χ3v) is 2.53. The quantitative estimate of drug-likeness (QED) is 0.770. The molecule has 1 aliphatic heterocycles. The van der Waals surface area contributed by atoms with Crippen LogP contribution in [-0.4, -0.2) is 19.3 Å². The van der Waals surface area contributed by atoms with Gasteiger partial charge in [0, 0.05) is 12.1 Å². The lowest BCUT2D eigenvalue weighted by atomic mass is 10.1. The number of rotatable bonds is 1. The zero-order valence-corrected chi connectivity index (χ0v) is 8.47. The molecule has 2 atom stereocenters. The number of halogens is 2. The molecule has 1 N–H and O–H groups in total. The summed E-state index contributed by atoms with van der Waals surface area (Å²) in [6.45, 7) is 2.97. The SMILES string of the molecule is C[C@H]1CN[C@H](c2cc(F)ccc2F)CO1. The van der Waals surface area contributed by atoms with Gasteiger partial charge >= 0.3 is 0 Å². The van der Waals surface area contributed by atoms with Gasteiger partial charge in [0.2, 0.25) is 0 Å². The molecule has 0 saturated carbocycles. The fourth-order valence-electron chi connectivity index (χ4n) is 1.67. The molecule has 2 nitrogen and oxygen atoms in total. The minimum Gasteiger partial charge on any atom is -0.375 e. The second-order valence-corrected chi connectivity index (χ2v) is 3.77. The Balaban J connectivity index is 2.18. The normalized spacial score (nSPS) is 26.6. The average molecular weight is 213 g/mol. The van der Waals surface area contributed by atoms with Gasteiger partial charge in [-0.05, 0) is 25.1 Å². The Kier molecular flexibility index (Phi) is 2.98. The first-order chi connectivity index (χ1) is 7.16. The highest BCUT2D eigenvalue weighted by Crippen LogP contribution is 2.21. The number of nitrogens with one attached hydrogen (secondary N) is 1. The predicted octanol–water partition coefficient (Wildman–Crippen LogP) is 2.01. The first-order valence-corrected chi connectivity index (χ1v) is 4.97. The maximum Gasteiger partial charge on any atom is 0.128 e. The Hall–Kier alpha value is -1.00. The van der Waals surface area contributed by atoms with Crippen LogP contribution in [0, 0.1) is 11.6 Å². The summed E-state index contributed by atoms with van der Waals surface area (Å²) in [5.74, 6) is -0.820. The summed E-state index contributed by atoms with van der Waals surface area (Å²) in [4.78, 5) is 0. The van der Waals surface area contributed by atoms with Crippen LogP contribution in [0.1, 0.15) is 18.5 Å². The summed E-state index contributed by atoms with van der Waals surface area (Å²) in [6, 6.07) is 3.22. The molecule has 1 aliphatic rings. The summed E-state index contributed by atoms with van der Waals surface area (Å²) < 4.78 is 31.7. The molecule has 82 valence electrons. The van der Waals surface area contributed by atoms with Crippen LogP contribution in [0.15, 0.2) is 18.2 Å². The summed E-state index contributed by atoms with van der Waals surface area (Å²) >= 11 is 0. The van der Waals surface area contributed by atoms with E-state index in [2.05, 4.69) is 5.32 Å². The fourth-order valence-corrected chi connectivity index (χ4v) is 1.67. The van der Waals surface area contributed by atoms with Gasteiger partial charge in [0.05, 0.1) is 18.8 Å². The Bertz CT molecular complexity index is 348. The Morgan fingerprint density at radius 1 is 1.40 bits per heavy atom. The molecule has 1 heterocycles. The molecule has 0 spiro atoms. The van der Waals surface area contributed by atoms with Crippen molar-refractivity contribution in [1.29, 1.82) is 0 Å². The van der Waals surface area contributed by atoms with Gasteiger partial charge in [0.1, 0.15) is 11.6 Å². The molecule has 1 aromatic rings. The van der Waals surface area contributed by atoms with Crippen LogP contribution in [0.5, 0.6) is 0 Å². The van der Waals surface area contributed by atoms with Crippen LogP contribution >= 0.6 is 0 Å². The van der Waals surface area contributed by atoms with Crippen molar-refractivity contribution < 1.29 is 13.5 Å². The lowest BCUT2D eigenvalue weighted by molar-refractivity contribution is 0.0141. The van der Waals surface area contributed by atoms with Crippen molar-refractivity contribution in [3.63, 3.8) is 0 Å². The van der Waals surface area contributed by atoms with Gasteiger partial charge in [-0.15, -0.1) is 0 Å². The average Bonchev–Trinajstić information content (AvgIpc) is 2.23. The van der Waals surface area contributed by atoms with Crippen LogP contribution in [-0.2, 0) is 4.74 Å². The van der Waals surface area contributed by atoms with E-state index in [9.17, 15) is 8.78 Å². The second kappa shape index (κ2) is 4.24. The highest BCUT2D eigenvalue weighted by atomic mass is 19.1. The van der Waals surface area contributed by atoms with Crippen LogP contribution in [0.4, 0.5) is 8.78 Å². The molecular weight excluding hydrogens is 200 g/mol. The highest BCUT2D eigenvalue weighted by molar-refractivity contribution is 5.22. The first-order valence-electron chi connectivity index (χ1n) is 4.97. The smallest absolute Gasteiger partial charge is 0.128 e. The molecule has 0 unspecified atom stereocenters. The lowest BCUT2D eigenvalue weighted by Crippen LogP contribution is -2.40. The molecule has 0 bridgehead atoms. The number of ether oxygens (including phenoxy) is 1. The maximum absolute atomic E-state index is 13.4. The van der Waals surface area contributed by atoms with E-state index in [1.807, 2.05) is 6.92 Å². The Morgan fingerprint density at radius 3 is 2.87 bits per heavy atom. The molecule has 0 aliphatic carbocycles. The number of benzene rings is 1. The van der Waals surface area contributed by atoms with Crippen LogP contribution in [0.25, 0.3) is 0 Å². The van der Waals surface area contributed by atoms with Crippen molar-refractivity contribution >= 4 is 0 Å². The fraction of sp³-hybridized carbons (Fsp3) is 0.455. The third-order valence-electron chi connectivity index (χ3n) is 2.53. The first kappa shape index (κ1) is 10.5. The molecule has 0 radical (unpaired) electrons. The molecule has 1 fully saturated rings. The molecule has 2 rings (SSSR count). The minimum atomic E-state index is -0.424. The third kappa shape index (κ3) is 2.33. The van der Waals surface area contributed by atoms with Crippen molar-refractivity contribution in [2.24, 2.45) is 0 Å². The van der Waals surface area contributed by atoms with Gasteiger partial charge in [0.25, 0.3) is 0 Å². The van der Waals surface area contributed by atoms with Crippen LogP contribution < -0.4 is 5.32 Å². The van der Waals surface area contributed by atoms with Crippen molar-refractivity contribution in [2.45, 2.75) is 19.1 Å². The largest absolute Gasteiger partial charge is 0.375 e. The molecule has 1 saturated heterocycles. The van der Waals surface area contributed by atoms with Gasteiger partial charge in [-0.25, -0.2) is 8.78 Å². The minimum absolute atomic E-state index is 0.123. The standard InChI is InChI=1S/C11H13F2NO/c1-7-5-14-11(6-15-7)9-4-8(12)2-3-10(9)13/h2-4,7,11,14H,5-6H2,1H3/t7-,11-/m0/s1. The summed E-state index contributed by atoms with van der Waals surface area (Å²) in [5, 5.41) is 3.12. The topological polar surface area (TPSA) is 21.3 Å². The zero-order chi connectivity index (χ0) is 10.8. The molecule has 0 amide bonds. The van der Waals surface area contributed by atoms with Gasteiger partial charge in [-0.1, -0.05) is 0 Å². The van der Waals surface area contributed by atoms with Gasteiger partial charge in [0.15, 0.2) is 0 Å². The Labute approximate surface area is 87.2 Å². The van der Waals surface area contributed by atoms with E-state index >= 15 is 0 Å². The predicted molar refractivity (Wildman–Crippen MR) is 52.5 cm³/mol. The second-order valence-electron chi connectivity index (χ2n) is 3.77. The van der Waals surface area contributed by atoms with E-state index in [0.29, 0.717) is 18.7 Å². The number of hydrogen-bond acceptors (Lipinski definition) is 2. The van der Waals surface area contributed by atoms with Crippen molar-refractivity contribution in [1.82, 2.24) is 5.32 Å². The van der Waals surface area contributed by atoms with E-state index in [1.165, 1.54) is 6.07 Å². The van der Waals surface area contributed by atoms with Crippen LogP contribution in [0.2, 0.25) is 0 Å². The van der Waals surface area contributed by atoms with Crippen molar-refractivity contribution in [3.05, 3.63) is 35.4 Å². The van der Waals surface area contributed by atoms with E-state index in [4.69, 9.17) is 4.74 Å². The van der Waals surface area contributed by atoms with E-state index in [-0.39, 0.29) is 12.1 Å².